The molecule has 23 heavy (non-hydrogen) atoms. The first kappa shape index (κ1) is 15.3. The maximum absolute atomic E-state index is 12.2. The number of rotatable bonds is 4. The van der Waals surface area contributed by atoms with Gasteiger partial charge in [0, 0.05) is 19.5 Å². The van der Waals surface area contributed by atoms with Gasteiger partial charge in [-0.3, -0.25) is 19.7 Å². The van der Waals surface area contributed by atoms with Crippen molar-refractivity contribution in [3.05, 3.63) is 24.3 Å². The third-order valence-electron chi connectivity index (χ3n) is 4.36. The smallest absolute Gasteiger partial charge is 0.260 e. The lowest BCUT2D eigenvalue weighted by molar-refractivity contribution is -0.133. The molecule has 7 heteroatoms. The van der Waals surface area contributed by atoms with E-state index in [1.54, 1.807) is 36.3 Å². The monoisotopic (exact) mass is 318 g/mol. The van der Waals surface area contributed by atoms with Crippen LogP contribution in [-0.2, 0) is 14.4 Å². The van der Waals surface area contributed by atoms with Gasteiger partial charge >= 0.3 is 0 Å². The highest BCUT2D eigenvalue weighted by Gasteiger charge is 2.51. The molecule has 2 saturated heterocycles. The van der Waals surface area contributed by atoms with E-state index in [-0.39, 0.29) is 37.3 Å². The van der Waals surface area contributed by atoms with E-state index in [4.69, 9.17) is 9.47 Å². The molecule has 122 valence electrons. The number of ether oxygens (including phenoxy) is 2. The van der Waals surface area contributed by atoms with Crippen LogP contribution in [0.15, 0.2) is 24.3 Å². The van der Waals surface area contributed by atoms with Crippen LogP contribution < -0.4 is 14.8 Å². The van der Waals surface area contributed by atoms with Crippen molar-refractivity contribution < 1.29 is 23.9 Å². The minimum Gasteiger partial charge on any atom is -0.497 e. The average Bonchev–Trinajstić information content (AvgIpc) is 3.09. The summed E-state index contributed by atoms with van der Waals surface area (Å²) in [7, 11) is 1.58. The summed E-state index contributed by atoms with van der Waals surface area (Å²) in [6.45, 7) is 0.638. The van der Waals surface area contributed by atoms with Gasteiger partial charge in [-0.25, -0.2) is 0 Å². The molecular formula is C16H18N2O5. The molecule has 1 aromatic rings. The van der Waals surface area contributed by atoms with Crippen molar-refractivity contribution in [3.8, 4) is 11.5 Å². The van der Waals surface area contributed by atoms with E-state index >= 15 is 0 Å². The number of carbonyl (C=O) groups excluding carboxylic acids is 3. The first-order valence-corrected chi connectivity index (χ1v) is 7.41. The van der Waals surface area contributed by atoms with E-state index < -0.39 is 5.41 Å². The van der Waals surface area contributed by atoms with Crippen LogP contribution in [0.25, 0.3) is 0 Å². The van der Waals surface area contributed by atoms with Gasteiger partial charge in [-0.15, -0.1) is 0 Å². The molecule has 0 aliphatic carbocycles. The molecule has 2 aliphatic rings. The summed E-state index contributed by atoms with van der Waals surface area (Å²) < 4.78 is 10.5. The third-order valence-corrected chi connectivity index (χ3v) is 4.36. The Morgan fingerprint density at radius 1 is 1.26 bits per heavy atom. The zero-order valence-corrected chi connectivity index (χ0v) is 12.8. The molecule has 0 unspecified atom stereocenters. The first-order chi connectivity index (χ1) is 11.0. The van der Waals surface area contributed by atoms with Crippen molar-refractivity contribution in [3.63, 3.8) is 0 Å². The molecule has 0 aromatic heterocycles. The van der Waals surface area contributed by atoms with Gasteiger partial charge < -0.3 is 14.4 Å². The topological polar surface area (TPSA) is 84.9 Å². The fourth-order valence-corrected chi connectivity index (χ4v) is 3.01. The Kier molecular flexibility index (Phi) is 3.94. The lowest BCUT2D eigenvalue weighted by atomic mass is 9.85. The normalized spacial score (nSPS) is 23.3. The number of likely N-dealkylation sites (tertiary alicyclic amines) is 1. The maximum Gasteiger partial charge on any atom is 0.260 e. The van der Waals surface area contributed by atoms with Gasteiger partial charge in [-0.1, -0.05) is 0 Å². The van der Waals surface area contributed by atoms with Crippen LogP contribution in [0.2, 0.25) is 0 Å². The molecule has 2 aliphatic heterocycles. The molecule has 1 atom stereocenters. The predicted molar refractivity (Wildman–Crippen MR) is 79.9 cm³/mol. The van der Waals surface area contributed by atoms with Crippen molar-refractivity contribution in [1.82, 2.24) is 10.2 Å². The van der Waals surface area contributed by atoms with Crippen molar-refractivity contribution >= 4 is 17.7 Å². The van der Waals surface area contributed by atoms with E-state index in [0.29, 0.717) is 24.5 Å². The molecule has 0 saturated carbocycles. The van der Waals surface area contributed by atoms with E-state index in [2.05, 4.69) is 5.32 Å². The molecular weight excluding hydrogens is 300 g/mol. The number of imide groups is 1. The Labute approximate surface area is 133 Å². The molecule has 0 bridgehead atoms. The summed E-state index contributed by atoms with van der Waals surface area (Å²) >= 11 is 0. The Morgan fingerprint density at radius 3 is 2.57 bits per heavy atom. The number of benzene rings is 1. The minimum atomic E-state index is -0.743. The molecule has 1 aromatic carbocycles. The van der Waals surface area contributed by atoms with Crippen LogP contribution in [0.4, 0.5) is 0 Å². The summed E-state index contributed by atoms with van der Waals surface area (Å²) in [6, 6.07) is 6.94. The van der Waals surface area contributed by atoms with Gasteiger partial charge in [0.1, 0.15) is 11.5 Å². The molecule has 2 fully saturated rings. The van der Waals surface area contributed by atoms with E-state index in [0.717, 1.165) is 0 Å². The fourth-order valence-electron chi connectivity index (χ4n) is 3.01. The Morgan fingerprint density at radius 2 is 1.96 bits per heavy atom. The highest BCUT2D eigenvalue weighted by molar-refractivity contribution is 6.06. The minimum absolute atomic E-state index is 0.0992. The van der Waals surface area contributed by atoms with Crippen molar-refractivity contribution in [1.29, 1.82) is 0 Å². The molecule has 0 radical (unpaired) electrons. The Hall–Kier alpha value is -2.57. The molecule has 3 amide bonds. The van der Waals surface area contributed by atoms with Gasteiger partial charge in [0.15, 0.2) is 6.61 Å². The number of hydrogen-bond acceptors (Lipinski definition) is 5. The van der Waals surface area contributed by atoms with Crippen molar-refractivity contribution in [2.24, 2.45) is 5.41 Å². The fraction of sp³-hybridized carbons (Fsp3) is 0.438. The van der Waals surface area contributed by atoms with Gasteiger partial charge in [0.2, 0.25) is 11.8 Å². The molecule has 1 spiro atoms. The van der Waals surface area contributed by atoms with Crippen LogP contribution in [0, 0.1) is 5.41 Å². The Bertz CT molecular complexity index is 642. The summed E-state index contributed by atoms with van der Waals surface area (Å²) in [6.07, 6.45) is 0.674. The third kappa shape index (κ3) is 2.99. The van der Waals surface area contributed by atoms with E-state index in [9.17, 15) is 14.4 Å². The summed E-state index contributed by atoms with van der Waals surface area (Å²) in [5.41, 5.74) is -0.743. The number of hydrogen-bond donors (Lipinski definition) is 1. The average molecular weight is 318 g/mol. The van der Waals surface area contributed by atoms with Crippen LogP contribution >= 0.6 is 0 Å². The SMILES string of the molecule is COc1ccc(OCC(=O)N2CC[C@@]3(CC(=O)NC3=O)C2)cc1. The van der Waals surface area contributed by atoms with Crippen LogP contribution in [-0.4, -0.2) is 49.4 Å². The molecule has 3 rings (SSSR count). The maximum atomic E-state index is 12.2. The van der Waals surface area contributed by atoms with E-state index in [1.165, 1.54) is 0 Å². The highest BCUT2D eigenvalue weighted by Crippen LogP contribution is 2.37. The second kappa shape index (κ2) is 5.91. The number of carbonyl (C=O) groups is 3. The first-order valence-electron chi connectivity index (χ1n) is 7.41. The van der Waals surface area contributed by atoms with Gasteiger partial charge in [0.05, 0.1) is 12.5 Å². The second-order valence-corrected chi connectivity index (χ2v) is 5.86. The summed E-state index contributed by atoms with van der Waals surface area (Å²) in [5, 5.41) is 2.32. The zero-order valence-electron chi connectivity index (χ0n) is 12.8. The van der Waals surface area contributed by atoms with Gasteiger partial charge in [-0.2, -0.15) is 0 Å². The number of nitrogens with zero attached hydrogens (tertiary/aromatic N) is 1. The van der Waals surface area contributed by atoms with E-state index in [1.807, 2.05) is 0 Å². The largest absolute Gasteiger partial charge is 0.497 e. The number of nitrogens with one attached hydrogen (secondary N) is 1. The predicted octanol–water partition coefficient (Wildman–Crippen LogP) is 0.339. The standard InChI is InChI=1S/C16H18N2O5/c1-22-11-2-4-12(5-3-11)23-9-14(20)18-7-6-16(10-18)8-13(19)17-15(16)21/h2-5H,6-10H2,1H3,(H,17,19,21)/t16-/m1/s1. The van der Waals surface area contributed by atoms with Crippen molar-refractivity contribution in [2.75, 3.05) is 26.8 Å². The molecule has 2 heterocycles. The zero-order chi connectivity index (χ0) is 16.4. The van der Waals surface area contributed by atoms with Crippen molar-refractivity contribution in [2.45, 2.75) is 12.8 Å². The highest BCUT2D eigenvalue weighted by atomic mass is 16.5. The lowest BCUT2D eigenvalue weighted by Crippen LogP contribution is -2.38. The Balaban J connectivity index is 1.55. The summed E-state index contributed by atoms with van der Waals surface area (Å²) in [5.74, 6) is 0.557. The summed E-state index contributed by atoms with van der Waals surface area (Å²) in [4.78, 5) is 37.1. The van der Waals surface area contributed by atoms with Crippen LogP contribution in [0.1, 0.15) is 12.8 Å². The van der Waals surface area contributed by atoms with Gasteiger partial charge in [-0.05, 0) is 30.7 Å². The quantitative estimate of drug-likeness (QED) is 0.809. The second-order valence-electron chi connectivity index (χ2n) is 5.86. The molecule has 1 N–H and O–H groups in total. The van der Waals surface area contributed by atoms with Gasteiger partial charge in [0.25, 0.3) is 5.91 Å². The van der Waals surface area contributed by atoms with Crippen LogP contribution in [0.3, 0.4) is 0 Å². The molecule has 7 nitrogen and oxygen atoms in total. The lowest BCUT2D eigenvalue weighted by Gasteiger charge is -2.20. The number of amides is 3. The van der Waals surface area contributed by atoms with Crippen LogP contribution in [0.5, 0.6) is 11.5 Å². The number of methoxy groups -OCH3 is 1.